The first-order valence-electron chi connectivity index (χ1n) is 5.22. The first-order valence-corrected chi connectivity index (χ1v) is 6.01. The summed E-state index contributed by atoms with van der Waals surface area (Å²) in [4.78, 5) is 0. The summed E-state index contributed by atoms with van der Waals surface area (Å²) >= 11 is 3.32. The first kappa shape index (κ1) is 12.7. The molecule has 1 atom stereocenters. The van der Waals surface area contributed by atoms with Gasteiger partial charge in [0.05, 0.1) is 0 Å². The lowest BCUT2D eigenvalue weighted by Gasteiger charge is -2.13. The molecule has 0 saturated heterocycles. The third-order valence-corrected chi connectivity index (χ3v) is 2.96. The molecule has 0 bridgehead atoms. The summed E-state index contributed by atoms with van der Waals surface area (Å²) in [6.45, 7) is 2.19. The lowest BCUT2D eigenvalue weighted by Crippen LogP contribution is -2.10. The molecule has 1 nitrogen and oxygen atoms in total. The van der Waals surface area contributed by atoms with Crippen LogP contribution < -0.4 is 0 Å². The number of hydrogen-bond acceptors (Lipinski definition) is 1. The van der Waals surface area contributed by atoms with Crippen LogP contribution in [-0.2, 0) is 6.42 Å². The first-order chi connectivity index (χ1) is 7.17. The molecule has 1 N–H and O–H groups in total. The van der Waals surface area contributed by atoms with Crippen molar-refractivity contribution in [2.24, 2.45) is 5.92 Å². The van der Waals surface area contributed by atoms with E-state index in [0.717, 1.165) is 17.3 Å². The van der Waals surface area contributed by atoms with Gasteiger partial charge in [0.1, 0.15) is 5.82 Å². The maximum atomic E-state index is 13.4. The minimum atomic E-state index is -0.187. The third kappa shape index (κ3) is 3.92. The zero-order valence-corrected chi connectivity index (χ0v) is 10.4. The van der Waals surface area contributed by atoms with E-state index in [9.17, 15) is 4.39 Å². The van der Waals surface area contributed by atoms with E-state index in [2.05, 4.69) is 22.9 Å². The zero-order valence-electron chi connectivity index (χ0n) is 8.84. The Balaban J connectivity index is 2.73. The molecule has 0 saturated carbocycles. The molecule has 0 aliphatic carbocycles. The van der Waals surface area contributed by atoms with Gasteiger partial charge in [0.25, 0.3) is 0 Å². The third-order valence-electron chi connectivity index (χ3n) is 2.47. The molecule has 0 aliphatic heterocycles. The van der Waals surface area contributed by atoms with Gasteiger partial charge in [-0.1, -0.05) is 29.3 Å². The molecular formula is C12H16BrFO. The van der Waals surface area contributed by atoms with Crippen LogP contribution in [0.15, 0.2) is 22.7 Å². The summed E-state index contributed by atoms with van der Waals surface area (Å²) < 4.78 is 14.3. The molecule has 0 heterocycles. The van der Waals surface area contributed by atoms with Gasteiger partial charge < -0.3 is 5.11 Å². The van der Waals surface area contributed by atoms with Crippen LogP contribution in [0.4, 0.5) is 4.39 Å². The summed E-state index contributed by atoms with van der Waals surface area (Å²) in [6, 6.07) is 4.93. The van der Waals surface area contributed by atoms with Crippen LogP contribution in [0.2, 0.25) is 0 Å². The Hall–Kier alpha value is -0.410. The van der Waals surface area contributed by atoms with E-state index in [1.54, 1.807) is 12.1 Å². The molecular weight excluding hydrogens is 259 g/mol. The molecule has 0 spiro atoms. The summed E-state index contributed by atoms with van der Waals surface area (Å²) in [5, 5.41) is 9.14. The van der Waals surface area contributed by atoms with Crippen molar-refractivity contribution in [2.45, 2.75) is 26.2 Å². The predicted molar refractivity (Wildman–Crippen MR) is 63.3 cm³/mol. The van der Waals surface area contributed by atoms with E-state index >= 15 is 0 Å². The minimum Gasteiger partial charge on any atom is -0.396 e. The van der Waals surface area contributed by atoms with Crippen molar-refractivity contribution in [3.05, 3.63) is 34.1 Å². The Bertz CT molecular complexity index is 314. The fourth-order valence-electron chi connectivity index (χ4n) is 1.68. The number of rotatable bonds is 5. The second-order valence-corrected chi connectivity index (χ2v) is 4.69. The molecule has 84 valence electrons. The second kappa shape index (κ2) is 6.23. The Morgan fingerprint density at radius 3 is 2.80 bits per heavy atom. The van der Waals surface area contributed by atoms with Crippen LogP contribution in [0.1, 0.15) is 25.3 Å². The number of aliphatic hydroxyl groups is 1. The highest BCUT2D eigenvalue weighted by molar-refractivity contribution is 9.10. The van der Waals surface area contributed by atoms with Crippen LogP contribution in [0.25, 0.3) is 0 Å². The highest BCUT2D eigenvalue weighted by atomic mass is 79.9. The van der Waals surface area contributed by atoms with Gasteiger partial charge in [-0.05, 0) is 42.5 Å². The topological polar surface area (TPSA) is 20.2 Å². The highest BCUT2D eigenvalue weighted by Gasteiger charge is 2.11. The van der Waals surface area contributed by atoms with Gasteiger partial charge in [-0.25, -0.2) is 4.39 Å². The average molecular weight is 275 g/mol. The van der Waals surface area contributed by atoms with E-state index < -0.39 is 0 Å². The van der Waals surface area contributed by atoms with Gasteiger partial charge >= 0.3 is 0 Å². The number of benzene rings is 1. The average Bonchev–Trinajstić information content (AvgIpc) is 2.22. The van der Waals surface area contributed by atoms with Crippen molar-refractivity contribution in [1.82, 2.24) is 0 Å². The van der Waals surface area contributed by atoms with E-state index in [1.807, 2.05) is 0 Å². The van der Waals surface area contributed by atoms with E-state index in [0.29, 0.717) is 12.0 Å². The van der Waals surface area contributed by atoms with Crippen LogP contribution in [-0.4, -0.2) is 11.7 Å². The zero-order chi connectivity index (χ0) is 11.3. The van der Waals surface area contributed by atoms with Crippen molar-refractivity contribution >= 4 is 15.9 Å². The Morgan fingerprint density at radius 1 is 1.47 bits per heavy atom. The van der Waals surface area contributed by atoms with Crippen molar-refractivity contribution < 1.29 is 9.50 Å². The highest BCUT2D eigenvalue weighted by Crippen LogP contribution is 2.20. The molecule has 0 aromatic heterocycles. The molecule has 0 amide bonds. The number of hydrogen-bond donors (Lipinski definition) is 1. The summed E-state index contributed by atoms with van der Waals surface area (Å²) in [6.07, 6.45) is 2.55. The summed E-state index contributed by atoms with van der Waals surface area (Å²) in [5.41, 5.74) is 0.678. The lowest BCUT2D eigenvalue weighted by molar-refractivity contribution is 0.216. The molecule has 1 aromatic rings. The molecule has 0 aliphatic rings. The molecule has 3 heteroatoms. The molecule has 1 unspecified atom stereocenters. The van der Waals surface area contributed by atoms with Gasteiger partial charge in [0, 0.05) is 11.1 Å². The van der Waals surface area contributed by atoms with Gasteiger partial charge in [0.2, 0.25) is 0 Å². The smallest absolute Gasteiger partial charge is 0.126 e. The van der Waals surface area contributed by atoms with Gasteiger partial charge in [-0.15, -0.1) is 0 Å². The predicted octanol–water partition coefficient (Wildman–Crippen LogP) is 3.54. The van der Waals surface area contributed by atoms with Gasteiger partial charge in [0.15, 0.2) is 0 Å². The minimum absolute atomic E-state index is 0.125. The fourth-order valence-corrected chi connectivity index (χ4v) is 2.09. The van der Waals surface area contributed by atoms with E-state index in [-0.39, 0.29) is 18.3 Å². The Labute approximate surface area is 98.4 Å². The molecule has 0 radical (unpaired) electrons. The summed E-state index contributed by atoms with van der Waals surface area (Å²) in [7, 11) is 0. The van der Waals surface area contributed by atoms with E-state index in [4.69, 9.17) is 5.11 Å². The largest absolute Gasteiger partial charge is 0.396 e. The Morgan fingerprint density at radius 2 is 2.20 bits per heavy atom. The Kier molecular flexibility index (Phi) is 5.26. The lowest BCUT2D eigenvalue weighted by atomic mass is 9.95. The molecule has 0 fully saturated rings. The fraction of sp³-hybridized carbons (Fsp3) is 0.500. The maximum Gasteiger partial charge on any atom is 0.126 e. The van der Waals surface area contributed by atoms with Crippen LogP contribution >= 0.6 is 15.9 Å². The van der Waals surface area contributed by atoms with Crippen LogP contribution in [0.3, 0.4) is 0 Å². The summed E-state index contributed by atoms with van der Waals surface area (Å²) in [5.74, 6) is -0.0217. The number of aliphatic hydroxyl groups excluding tert-OH is 1. The van der Waals surface area contributed by atoms with Gasteiger partial charge in [-0.3, -0.25) is 0 Å². The van der Waals surface area contributed by atoms with Crippen molar-refractivity contribution in [2.75, 3.05) is 6.61 Å². The van der Waals surface area contributed by atoms with Gasteiger partial charge in [-0.2, -0.15) is 0 Å². The quantitative estimate of drug-likeness (QED) is 0.871. The molecule has 1 rings (SSSR count). The van der Waals surface area contributed by atoms with Crippen molar-refractivity contribution in [1.29, 1.82) is 0 Å². The van der Waals surface area contributed by atoms with Crippen LogP contribution in [0.5, 0.6) is 0 Å². The SMILES string of the molecule is CCCC(CO)Cc1cc(Br)ccc1F. The molecule has 15 heavy (non-hydrogen) atoms. The number of halogens is 2. The standard InChI is InChI=1S/C12H16BrFO/c1-2-3-9(8-15)6-10-7-11(13)4-5-12(10)14/h4-5,7,9,15H,2-3,6,8H2,1H3. The molecule has 1 aromatic carbocycles. The monoisotopic (exact) mass is 274 g/mol. The normalized spacial score (nSPS) is 12.8. The van der Waals surface area contributed by atoms with E-state index in [1.165, 1.54) is 6.07 Å². The van der Waals surface area contributed by atoms with Crippen molar-refractivity contribution in [3.8, 4) is 0 Å². The maximum absolute atomic E-state index is 13.4. The van der Waals surface area contributed by atoms with Crippen LogP contribution in [0, 0.1) is 11.7 Å². The van der Waals surface area contributed by atoms with Crippen molar-refractivity contribution in [3.63, 3.8) is 0 Å². The second-order valence-electron chi connectivity index (χ2n) is 3.78.